The first-order valence-electron chi connectivity index (χ1n) is 8.33. The summed E-state index contributed by atoms with van der Waals surface area (Å²) in [6, 6.07) is -1.08. The Balaban J connectivity index is 1.44. The van der Waals surface area contributed by atoms with Crippen LogP contribution >= 0.6 is 11.8 Å². The van der Waals surface area contributed by atoms with E-state index >= 15 is 0 Å². The second-order valence-corrected chi connectivity index (χ2v) is 7.36. The minimum absolute atomic E-state index is 0.000350. The first-order chi connectivity index (χ1) is 12.9. The summed E-state index contributed by atoms with van der Waals surface area (Å²) in [5.41, 5.74) is 0. The van der Waals surface area contributed by atoms with Crippen LogP contribution in [0.2, 0.25) is 0 Å². The first kappa shape index (κ1) is 19.6. The lowest BCUT2D eigenvalue weighted by Crippen LogP contribution is -2.51. The number of ether oxygens (including phenoxy) is 2. The molecule has 0 aromatic heterocycles. The second kappa shape index (κ2) is 8.27. The van der Waals surface area contributed by atoms with Crippen LogP contribution in [0.3, 0.4) is 0 Å². The smallest absolute Gasteiger partial charge is 0.294 e. The molecule has 3 heterocycles. The second-order valence-electron chi connectivity index (χ2n) is 6.36. The third-order valence-corrected chi connectivity index (χ3v) is 5.60. The molecule has 0 saturated carbocycles. The zero-order valence-electron chi connectivity index (χ0n) is 14.5. The van der Waals surface area contributed by atoms with Gasteiger partial charge in [0, 0.05) is 12.7 Å². The maximum atomic E-state index is 12.2. The minimum atomic E-state index is -0.896. The highest BCUT2D eigenvalue weighted by Crippen LogP contribution is 2.28. The van der Waals surface area contributed by atoms with Crippen molar-refractivity contribution in [2.45, 2.75) is 37.3 Å². The van der Waals surface area contributed by atoms with E-state index in [9.17, 15) is 24.5 Å². The van der Waals surface area contributed by atoms with Crippen molar-refractivity contribution in [2.24, 2.45) is 0 Å². The number of amides is 3. The molecule has 0 bridgehead atoms. The molecule has 3 amide bonds. The fourth-order valence-corrected chi connectivity index (χ4v) is 4.52. The molecular weight excluding hydrogens is 384 g/mol. The number of carbonyl (C=O) groups is 3. The van der Waals surface area contributed by atoms with Crippen molar-refractivity contribution >= 4 is 29.5 Å². The van der Waals surface area contributed by atoms with Crippen LogP contribution in [-0.4, -0.2) is 89.5 Å². The highest BCUT2D eigenvalue weighted by atomic mass is 32.2. The Kier molecular flexibility index (Phi) is 6.01. The van der Waals surface area contributed by atoms with Gasteiger partial charge in [0.05, 0.1) is 31.7 Å². The van der Waals surface area contributed by atoms with Gasteiger partial charge in [-0.05, 0) is 0 Å². The van der Waals surface area contributed by atoms with Crippen molar-refractivity contribution in [1.82, 2.24) is 15.5 Å². The number of nitrogens with zero attached hydrogens (tertiary/aromatic N) is 2. The van der Waals surface area contributed by atoms with Gasteiger partial charge in [-0.25, -0.2) is 0 Å². The number of fused-ring (bicyclic) bond motifs is 1. The number of carbonyl (C=O) groups excluding carboxylic acids is 3. The summed E-state index contributed by atoms with van der Waals surface area (Å²) in [5, 5.41) is 14.8. The third kappa shape index (κ3) is 4.42. The van der Waals surface area contributed by atoms with E-state index in [0.717, 1.165) is 0 Å². The summed E-state index contributed by atoms with van der Waals surface area (Å²) >= 11 is 1.47. The largest absolute Gasteiger partial charge is 0.371 e. The molecule has 27 heavy (non-hydrogen) atoms. The van der Waals surface area contributed by atoms with Crippen molar-refractivity contribution < 1.29 is 33.8 Å². The third-order valence-electron chi connectivity index (χ3n) is 4.59. The molecular formula is C14H20N4O8S. The van der Waals surface area contributed by atoms with Gasteiger partial charge >= 0.3 is 0 Å². The quantitative estimate of drug-likeness (QED) is 0.374. The number of rotatable bonds is 6. The van der Waals surface area contributed by atoms with E-state index in [0.29, 0.717) is 11.6 Å². The van der Waals surface area contributed by atoms with Gasteiger partial charge in [-0.2, -0.15) is 0 Å². The summed E-state index contributed by atoms with van der Waals surface area (Å²) in [4.78, 5) is 52.3. The van der Waals surface area contributed by atoms with Crippen LogP contribution in [0.4, 0.5) is 0 Å². The number of hydrogen-bond donors (Lipinski definition) is 2. The summed E-state index contributed by atoms with van der Waals surface area (Å²) < 4.78 is 10.9. The average molecular weight is 404 g/mol. The zero-order chi connectivity index (χ0) is 19.6. The summed E-state index contributed by atoms with van der Waals surface area (Å²) in [6.45, 7) is 1.27. The molecule has 12 nitrogen and oxygen atoms in total. The molecule has 3 rings (SSSR count). The zero-order valence-corrected chi connectivity index (χ0v) is 15.3. The van der Waals surface area contributed by atoms with Crippen molar-refractivity contribution in [3.63, 3.8) is 0 Å². The van der Waals surface area contributed by atoms with Crippen molar-refractivity contribution in [2.75, 3.05) is 31.4 Å². The van der Waals surface area contributed by atoms with Gasteiger partial charge < -0.3 is 29.8 Å². The van der Waals surface area contributed by atoms with Gasteiger partial charge in [0.15, 0.2) is 6.10 Å². The van der Waals surface area contributed by atoms with E-state index in [-0.39, 0.29) is 31.6 Å². The summed E-state index contributed by atoms with van der Waals surface area (Å²) in [5.74, 6) is -0.0860. The maximum Gasteiger partial charge on any atom is 0.294 e. The van der Waals surface area contributed by atoms with Crippen molar-refractivity contribution in [3.8, 4) is 0 Å². The molecule has 0 spiro atoms. The predicted octanol–water partition coefficient (Wildman–Crippen LogP) is -2.12. The van der Waals surface area contributed by atoms with Gasteiger partial charge in [0.25, 0.3) is 5.09 Å². The van der Waals surface area contributed by atoms with E-state index in [4.69, 9.17) is 9.47 Å². The van der Waals surface area contributed by atoms with Crippen LogP contribution in [0, 0.1) is 10.1 Å². The predicted molar refractivity (Wildman–Crippen MR) is 89.9 cm³/mol. The van der Waals surface area contributed by atoms with Gasteiger partial charge in [-0.1, -0.05) is 0 Å². The van der Waals surface area contributed by atoms with Gasteiger partial charge in [-0.15, -0.1) is 21.9 Å². The SMILES string of the molecule is CC(=O)N1CSCC1C(=O)NCC(=O)N[C@H]1CO[C@H]2[C@@H]1OC[C@@H]2O[N+](=O)[O-]. The first-order valence-corrected chi connectivity index (χ1v) is 9.48. The Hall–Kier alpha value is -2.12. The standard InChI is InChI=1S/C14H20N4O8S/c1-7(19)17-6-27-5-9(17)14(21)15-2-11(20)16-8-3-24-13-10(26-18(22)23)4-25-12(8)13/h8-10,12-13H,2-6H2,1H3,(H,15,21)(H,16,20)/t8-,9?,10-,12+,13+/m0/s1. The van der Waals surface area contributed by atoms with E-state index in [1.54, 1.807) is 0 Å². The van der Waals surface area contributed by atoms with E-state index in [2.05, 4.69) is 15.5 Å². The van der Waals surface area contributed by atoms with E-state index < -0.39 is 41.4 Å². The molecule has 1 unspecified atom stereocenters. The molecule has 2 N–H and O–H groups in total. The maximum absolute atomic E-state index is 12.2. The lowest BCUT2D eigenvalue weighted by Gasteiger charge is -2.22. The van der Waals surface area contributed by atoms with Crippen LogP contribution in [0.5, 0.6) is 0 Å². The van der Waals surface area contributed by atoms with Gasteiger partial charge in [0.2, 0.25) is 17.7 Å². The highest BCUT2D eigenvalue weighted by molar-refractivity contribution is 7.99. The molecule has 13 heteroatoms. The molecule has 0 aromatic rings. The Bertz CT molecular complexity index is 634. The van der Waals surface area contributed by atoms with Crippen molar-refractivity contribution in [3.05, 3.63) is 10.1 Å². The fraction of sp³-hybridized carbons (Fsp3) is 0.786. The average Bonchev–Trinajstić information content (AvgIpc) is 3.31. The number of nitrogens with one attached hydrogen (secondary N) is 2. The Morgan fingerprint density at radius 1 is 1.30 bits per heavy atom. The molecule has 3 aliphatic heterocycles. The normalized spacial score (nSPS) is 32.0. The lowest BCUT2D eigenvalue weighted by molar-refractivity contribution is -0.769. The van der Waals surface area contributed by atoms with Crippen LogP contribution < -0.4 is 10.6 Å². The van der Waals surface area contributed by atoms with Crippen LogP contribution in [0.15, 0.2) is 0 Å². The fourth-order valence-electron chi connectivity index (χ4n) is 3.30. The van der Waals surface area contributed by atoms with E-state index in [1.165, 1.54) is 23.6 Å². The monoisotopic (exact) mass is 404 g/mol. The molecule has 3 fully saturated rings. The molecule has 0 aromatic carbocycles. The summed E-state index contributed by atoms with van der Waals surface area (Å²) in [7, 11) is 0. The lowest BCUT2D eigenvalue weighted by atomic mass is 10.1. The molecule has 0 aliphatic carbocycles. The minimum Gasteiger partial charge on any atom is -0.371 e. The Labute approximate surface area is 158 Å². The topological polar surface area (TPSA) is 149 Å². The molecule has 0 radical (unpaired) electrons. The van der Waals surface area contributed by atoms with E-state index in [1.807, 2.05) is 0 Å². The van der Waals surface area contributed by atoms with Gasteiger partial charge in [0.1, 0.15) is 18.2 Å². The molecule has 3 saturated heterocycles. The number of hydrogen-bond acceptors (Lipinski definition) is 9. The molecule has 3 aliphatic rings. The number of thioether (sulfide) groups is 1. The van der Waals surface area contributed by atoms with Crippen LogP contribution in [0.25, 0.3) is 0 Å². The van der Waals surface area contributed by atoms with Crippen LogP contribution in [0.1, 0.15) is 6.92 Å². The molecule has 150 valence electrons. The highest BCUT2D eigenvalue weighted by Gasteiger charge is 2.49. The Morgan fingerprint density at radius 2 is 2.04 bits per heavy atom. The Morgan fingerprint density at radius 3 is 2.74 bits per heavy atom. The summed E-state index contributed by atoms with van der Waals surface area (Å²) in [6.07, 6.45) is -2.01. The molecule has 5 atom stereocenters. The van der Waals surface area contributed by atoms with Gasteiger partial charge in [-0.3, -0.25) is 14.4 Å². The van der Waals surface area contributed by atoms with Crippen LogP contribution in [-0.2, 0) is 28.7 Å². The van der Waals surface area contributed by atoms with Crippen molar-refractivity contribution in [1.29, 1.82) is 0 Å².